The lowest BCUT2D eigenvalue weighted by atomic mass is 9.87. The van der Waals surface area contributed by atoms with Crippen LogP contribution in [-0.2, 0) is 9.59 Å². The maximum atomic E-state index is 12.7. The molecule has 3 rings (SSSR count). The number of hydrazine groups is 1. The van der Waals surface area contributed by atoms with Crippen molar-refractivity contribution in [1.29, 1.82) is 0 Å². The number of amides is 2. The summed E-state index contributed by atoms with van der Waals surface area (Å²) in [6, 6.07) is 3.07. The Balaban J connectivity index is 2.05. The molecule has 1 aromatic carbocycles. The number of rotatable bonds is 3. The summed E-state index contributed by atoms with van der Waals surface area (Å²) in [6.45, 7) is 6.02. The lowest BCUT2D eigenvalue weighted by Crippen LogP contribution is -2.58. The topological polar surface area (TPSA) is 64.1 Å². The second kappa shape index (κ2) is 6.61. The van der Waals surface area contributed by atoms with Crippen LogP contribution in [0.2, 0.25) is 0 Å². The minimum Gasteiger partial charge on any atom is -0.386 e. The van der Waals surface area contributed by atoms with E-state index in [1.165, 1.54) is 11.9 Å². The lowest BCUT2D eigenvalue weighted by Gasteiger charge is -2.44. The summed E-state index contributed by atoms with van der Waals surface area (Å²) in [5.41, 5.74) is 4.07. The number of imide groups is 1. The third-order valence-electron chi connectivity index (χ3n) is 5.46. The molecule has 6 nitrogen and oxygen atoms in total. The van der Waals surface area contributed by atoms with E-state index in [9.17, 15) is 14.7 Å². The SMILES string of the molecule is Cc1cc(C)c([C@@H](O)[C@H]2C=C[C@H]3C(=O)N(C)C(=O)[C@H]3N2N(C)C)c(C)c1. The molecule has 2 aliphatic rings. The summed E-state index contributed by atoms with van der Waals surface area (Å²) in [5.74, 6) is -0.926. The zero-order valence-corrected chi connectivity index (χ0v) is 16.2. The number of aliphatic hydroxyl groups is 1. The Hall–Kier alpha value is -2.02. The first kappa shape index (κ1) is 18.8. The number of carbonyl (C=O) groups excluding carboxylic acids is 2. The minimum absolute atomic E-state index is 0.196. The quantitative estimate of drug-likeness (QED) is 0.653. The average Bonchev–Trinajstić information content (AvgIpc) is 2.77. The molecule has 1 fully saturated rings. The van der Waals surface area contributed by atoms with Crippen LogP contribution >= 0.6 is 0 Å². The van der Waals surface area contributed by atoms with Crippen LogP contribution in [0.25, 0.3) is 0 Å². The number of hydrogen-bond acceptors (Lipinski definition) is 5. The van der Waals surface area contributed by atoms with Crippen LogP contribution in [0.3, 0.4) is 0 Å². The molecule has 2 amide bonds. The van der Waals surface area contributed by atoms with Gasteiger partial charge in [-0.2, -0.15) is 0 Å². The second-order valence-corrected chi connectivity index (χ2v) is 7.57. The molecule has 0 unspecified atom stereocenters. The number of aryl methyl sites for hydroxylation is 3. The monoisotopic (exact) mass is 357 g/mol. The number of likely N-dealkylation sites (tertiary alicyclic amines) is 1. The second-order valence-electron chi connectivity index (χ2n) is 7.57. The predicted octanol–water partition coefficient (Wildman–Crippen LogP) is 1.35. The van der Waals surface area contributed by atoms with Crippen molar-refractivity contribution in [2.45, 2.75) is 39.0 Å². The van der Waals surface area contributed by atoms with E-state index >= 15 is 0 Å². The smallest absolute Gasteiger partial charge is 0.248 e. The fourth-order valence-electron chi connectivity index (χ4n) is 4.39. The molecular weight excluding hydrogens is 330 g/mol. The molecule has 140 valence electrons. The maximum absolute atomic E-state index is 12.7. The van der Waals surface area contributed by atoms with Gasteiger partial charge in [0.15, 0.2) is 0 Å². The molecule has 0 saturated carbocycles. The molecule has 0 aromatic heterocycles. The van der Waals surface area contributed by atoms with Crippen LogP contribution < -0.4 is 0 Å². The number of carbonyl (C=O) groups is 2. The number of aliphatic hydroxyl groups excluding tert-OH is 1. The highest BCUT2D eigenvalue weighted by Crippen LogP contribution is 2.37. The van der Waals surface area contributed by atoms with E-state index in [2.05, 4.69) is 12.1 Å². The third-order valence-corrected chi connectivity index (χ3v) is 5.46. The summed E-state index contributed by atoms with van der Waals surface area (Å²) in [4.78, 5) is 26.2. The van der Waals surface area contributed by atoms with Crippen LogP contribution in [0.4, 0.5) is 0 Å². The summed E-state index contributed by atoms with van der Waals surface area (Å²) in [5, 5.41) is 14.9. The van der Waals surface area contributed by atoms with Gasteiger partial charge in [-0.15, -0.1) is 0 Å². The average molecular weight is 357 g/mol. The Labute approximate surface area is 154 Å². The molecule has 6 heteroatoms. The highest BCUT2D eigenvalue weighted by atomic mass is 16.3. The fourth-order valence-corrected chi connectivity index (χ4v) is 4.39. The molecule has 2 heterocycles. The highest BCUT2D eigenvalue weighted by Gasteiger charge is 2.52. The summed E-state index contributed by atoms with van der Waals surface area (Å²) in [6.07, 6.45) is 2.83. The molecule has 0 spiro atoms. The number of fused-ring (bicyclic) bond motifs is 1. The van der Waals surface area contributed by atoms with E-state index in [4.69, 9.17) is 0 Å². The Kier molecular flexibility index (Phi) is 4.77. The van der Waals surface area contributed by atoms with Crippen molar-refractivity contribution in [2.75, 3.05) is 21.1 Å². The number of likely N-dealkylation sites (N-methyl/N-ethyl adjacent to an activating group) is 1. The summed E-state index contributed by atoms with van der Waals surface area (Å²) < 4.78 is 0. The molecule has 26 heavy (non-hydrogen) atoms. The van der Waals surface area contributed by atoms with Crippen molar-refractivity contribution in [3.05, 3.63) is 46.5 Å². The van der Waals surface area contributed by atoms with Crippen molar-refractivity contribution in [3.63, 3.8) is 0 Å². The Morgan fingerprint density at radius 2 is 1.62 bits per heavy atom. The molecule has 0 aliphatic carbocycles. The van der Waals surface area contributed by atoms with Crippen LogP contribution in [0, 0.1) is 26.7 Å². The summed E-state index contributed by atoms with van der Waals surface area (Å²) >= 11 is 0. The molecule has 0 bridgehead atoms. The van der Waals surface area contributed by atoms with Gasteiger partial charge in [-0.3, -0.25) is 14.5 Å². The van der Waals surface area contributed by atoms with Crippen molar-refractivity contribution in [1.82, 2.24) is 14.9 Å². The molecule has 0 radical (unpaired) electrons. The number of hydrogen-bond donors (Lipinski definition) is 1. The van der Waals surface area contributed by atoms with Gasteiger partial charge in [0.1, 0.15) is 6.04 Å². The zero-order chi connectivity index (χ0) is 19.3. The first-order chi connectivity index (χ1) is 12.1. The van der Waals surface area contributed by atoms with Crippen LogP contribution in [0.15, 0.2) is 24.3 Å². The first-order valence-electron chi connectivity index (χ1n) is 8.86. The van der Waals surface area contributed by atoms with E-state index in [0.717, 1.165) is 22.3 Å². The normalized spacial score (nSPS) is 27.4. The zero-order valence-electron chi connectivity index (χ0n) is 16.2. The van der Waals surface area contributed by atoms with Gasteiger partial charge in [-0.05, 0) is 37.5 Å². The van der Waals surface area contributed by atoms with Gasteiger partial charge in [-0.1, -0.05) is 29.8 Å². The molecule has 1 N–H and O–H groups in total. The summed E-state index contributed by atoms with van der Waals surface area (Å²) in [7, 11) is 5.19. The number of nitrogens with zero attached hydrogens (tertiary/aromatic N) is 3. The van der Waals surface area contributed by atoms with E-state index in [0.29, 0.717) is 0 Å². The molecular formula is C20H27N3O3. The third kappa shape index (κ3) is 2.78. The Bertz CT molecular complexity index is 764. The Morgan fingerprint density at radius 3 is 2.15 bits per heavy atom. The van der Waals surface area contributed by atoms with Gasteiger partial charge in [0.2, 0.25) is 11.8 Å². The van der Waals surface area contributed by atoms with E-state index in [1.807, 2.05) is 46.0 Å². The van der Waals surface area contributed by atoms with Crippen LogP contribution in [0.5, 0.6) is 0 Å². The van der Waals surface area contributed by atoms with E-state index in [-0.39, 0.29) is 11.8 Å². The van der Waals surface area contributed by atoms with E-state index < -0.39 is 24.1 Å². The van der Waals surface area contributed by atoms with Crippen LogP contribution in [0.1, 0.15) is 28.4 Å². The van der Waals surface area contributed by atoms with Gasteiger partial charge in [0.25, 0.3) is 0 Å². The van der Waals surface area contributed by atoms with Crippen molar-refractivity contribution in [3.8, 4) is 0 Å². The van der Waals surface area contributed by atoms with Gasteiger partial charge in [0.05, 0.1) is 18.1 Å². The predicted molar refractivity (Wildman–Crippen MR) is 99.1 cm³/mol. The standard InChI is InChI=1S/C20H27N3O3/c1-11-9-12(2)16(13(3)10-11)18(24)15-8-7-14-17(23(15)21(4)5)20(26)22(6)19(14)25/h7-10,14-15,17-18,24H,1-6H3/t14-,15-,17+,18+/m1/s1. The largest absolute Gasteiger partial charge is 0.386 e. The van der Waals surface area contributed by atoms with Crippen molar-refractivity contribution < 1.29 is 14.7 Å². The minimum atomic E-state index is -0.802. The van der Waals surface area contributed by atoms with Gasteiger partial charge < -0.3 is 5.11 Å². The van der Waals surface area contributed by atoms with Crippen molar-refractivity contribution >= 4 is 11.8 Å². The van der Waals surface area contributed by atoms with Crippen molar-refractivity contribution in [2.24, 2.45) is 5.92 Å². The molecule has 1 saturated heterocycles. The van der Waals surface area contributed by atoms with E-state index in [1.54, 1.807) is 11.1 Å². The molecule has 2 aliphatic heterocycles. The highest BCUT2D eigenvalue weighted by molar-refractivity contribution is 6.07. The number of benzene rings is 1. The molecule has 4 atom stereocenters. The van der Waals surface area contributed by atoms with Gasteiger partial charge in [0, 0.05) is 21.1 Å². The molecule has 1 aromatic rings. The fraction of sp³-hybridized carbons (Fsp3) is 0.500. The van der Waals surface area contributed by atoms with Crippen LogP contribution in [-0.4, -0.2) is 65.1 Å². The lowest BCUT2D eigenvalue weighted by molar-refractivity contribution is -0.145. The van der Waals surface area contributed by atoms with Gasteiger partial charge >= 0.3 is 0 Å². The maximum Gasteiger partial charge on any atom is 0.248 e. The Morgan fingerprint density at radius 1 is 1.04 bits per heavy atom. The first-order valence-corrected chi connectivity index (χ1v) is 8.86. The van der Waals surface area contributed by atoms with Gasteiger partial charge in [-0.25, -0.2) is 10.0 Å².